The smallest absolute Gasteiger partial charge is 0.240 e. The number of carbonyl (C=O) groups excluding carboxylic acids is 1. The highest BCUT2D eigenvalue weighted by Gasteiger charge is 2.24. The number of amides is 1. The minimum atomic E-state index is -3.68. The van der Waals surface area contributed by atoms with E-state index in [1.165, 1.54) is 7.11 Å². The van der Waals surface area contributed by atoms with Crippen molar-refractivity contribution in [1.82, 2.24) is 5.32 Å². The lowest BCUT2D eigenvalue weighted by molar-refractivity contribution is -0.119. The van der Waals surface area contributed by atoms with E-state index in [2.05, 4.69) is 5.32 Å². The van der Waals surface area contributed by atoms with Crippen LogP contribution in [0.5, 0.6) is 11.5 Å². The summed E-state index contributed by atoms with van der Waals surface area (Å²) in [7, 11) is -2.22. The van der Waals surface area contributed by atoms with Crippen molar-refractivity contribution in [1.29, 1.82) is 0 Å². The van der Waals surface area contributed by atoms with Crippen molar-refractivity contribution in [3.8, 4) is 11.5 Å². The van der Waals surface area contributed by atoms with E-state index in [0.29, 0.717) is 11.4 Å². The molecule has 0 aromatic heterocycles. The number of ether oxygens (including phenoxy) is 2. The van der Waals surface area contributed by atoms with Crippen molar-refractivity contribution < 1.29 is 22.7 Å². The Morgan fingerprint density at radius 2 is 1.82 bits per heavy atom. The molecule has 0 aliphatic carbocycles. The second kappa shape index (κ2) is 9.45. The van der Waals surface area contributed by atoms with Gasteiger partial charge in [0.05, 0.1) is 25.6 Å². The zero-order valence-corrected chi connectivity index (χ0v) is 17.4. The first kappa shape index (κ1) is 21.6. The number of anilines is 1. The van der Waals surface area contributed by atoms with Crippen LogP contribution < -0.4 is 19.1 Å². The minimum Gasteiger partial charge on any atom is -0.495 e. The quantitative estimate of drug-likeness (QED) is 0.646. The third-order valence-corrected chi connectivity index (χ3v) is 5.10. The molecule has 8 heteroatoms. The minimum absolute atomic E-state index is 0.259. The van der Waals surface area contributed by atoms with E-state index in [4.69, 9.17) is 9.47 Å². The molecule has 2 aromatic carbocycles. The van der Waals surface area contributed by atoms with Gasteiger partial charge in [-0.2, -0.15) is 0 Å². The van der Waals surface area contributed by atoms with Crippen LogP contribution in [0.25, 0.3) is 0 Å². The number of hydrogen-bond donors (Lipinski definition) is 1. The average Bonchev–Trinajstić information content (AvgIpc) is 2.62. The van der Waals surface area contributed by atoms with E-state index in [9.17, 15) is 13.2 Å². The number of methoxy groups -OCH3 is 1. The average molecular weight is 407 g/mol. The van der Waals surface area contributed by atoms with Crippen LogP contribution in [0.2, 0.25) is 0 Å². The summed E-state index contributed by atoms with van der Waals surface area (Å²) in [6, 6.07) is 12.8. The lowest BCUT2D eigenvalue weighted by atomic mass is 10.2. The Morgan fingerprint density at radius 1 is 1.11 bits per heavy atom. The molecule has 0 aliphatic rings. The zero-order valence-electron chi connectivity index (χ0n) is 16.6. The molecule has 2 aromatic rings. The molecule has 0 saturated heterocycles. The van der Waals surface area contributed by atoms with E-state index in [1.807, 2.05) is 44.2 Å². The molecule has 1 N–H and O–H groups in total. The third-order valence-electron chi connectivity index (χ3n) is 3.97. The molecule has 7 nitrogen and oxygen atoms in total. The van der Waals surface area contributed by atoms with Gasteiger partial charge in [0.2, 0.25) is 15.9 Å². The van der Waals surface area contributed by atoms with Crippen molar-refractivity contribution in [3.63, 3.8) is 0 Å². The molecule has 0 heterocycles. The Balaban J connectivity index is 1.99. The van der Waals surface area contributed by atoms with E-state index >= 15 is 0 Å². The first-order valence-corrected chi connectivity index (χ1v) is 10.6. The second-order valence-electron chi connectivity index (χ2n) is 6.46. The largest absolute Gasteiger partial charge is 0.495 e. The number of hydrogen-bond acceptors (Lipinski definition) is 5. The van der Waals surface area contributed by atoms with Crippen LogP contribution in [0.1, 0.15) is 11.1 Å². The van der Waals surface area contributed by atoms with Crippen LogP contribution in [-0.2, 0) is 14.8 Å². The monoisotopic (exact) mass is 406 g/mol. The maximum Gasteiger partial charge on any atom is 0.240 e. The van der Waals surface area contributed by atoms with Gasteiger partial charge in [-0.05, 0) is 49.2 Å². The molecule has 0 spiro atoms. The highest BCUT2D eigenvalue weighted by molar-refractivity contribution is 7.92. The summed E-state index contributed by atoms with van der Waals surface area (Å²) in [5, 5.41) is 2.68. The summed E-state index contributed by atoms with van der Waals surface area (Å²) in [4.78, 5) is 12.3. The summed E-state index contributed by atoms with van der Waals surface area (Å²) >= 11 is 0. The lowest BCUT2D eigenvalue weighted by Crippen LogP contribution is -2.41. The fraction of sp³-hybridized carbons (Fsp3) is 0.350. The van der Waals surface area contributed by atoms with Gasteiger partial charge in [0, 0.05) is 0 Å². The third kappa shape index (κ3) is 6.16. The molecule has 2 rings (SSSR count). The summed E-state index contributed by atoms with van der Waals surface area (Å²) in [6.07, 6.45) is 1.06. The van der Waals surface area contributed by atoms with E-state index in [-0.39, 0.29) is 19.7 Å². The maximum atomic E-state index is 12.3. The normalized spacial score (nSPS) is 11.0. The van der Waals surface area contributed by atoms with Crippen molar-refractivity contribution in [3.05, 3.63) is 53.6 Å². The Bertz CT molecular complexity index is 928. The Kier molecular flexibility index (Phi) is 7.28. The Labute approximate surface area is 166 Å². The number of rotatable bonds is 9. The van der Waals surface area contributed by atoms with Gasteiger partial charge in [-0.15, -0.1) is 0 Å². The first-order chi connectivity index (χ1) is 13.2. The molecule has 0 aliphatic heterocycles. The predicted octanol–water partition coefficient (Wildman–Crippen LogP) is 2.27. The second-order valence-corrected chi connectivity index (χ2v) is 8.37. The molecule has 152 valence electrons. The summed E-state index contributed by atoms with van der Waals surface area (Å²) in [5.74, 6) is 0.671. The number of carbonyl (C=O) groups is 1. The highest BCUT2D eigenvalue weighted by atomic mass is 32.2. The van der Waals surface area contributed by atoms with Crippen LogP contribution in [0, 0.1) is 13.8 Å². The molecular weight excluding hydrogens is 380 g/mol. The van der Waals surface area contributed by atoms with Gasteiger partial charge in [-0.3, -0.25) is 9.10 Å². The van der Waals surface area contributed by atoms with Crippen molar-refractivity contribution in [2.24, 2.45) is 0 Å². The lowest BCUT2D eigenvalue weighted by Gasteiger charge is -2.24. The van der Waals surface area contributed by atoms with Crippen molar-refractivity contribution >= 4 is 21.6 Å². The van der Waals surface area contributed by atoms with Gasteiger partial charge in [0.25, 0.3) is 0 Å². The molecule has 0 radical (unpaired) electrons. The van der Waals surface area contributed by atoms with Gasteiger partial charge < -0.3 is 14.8 Å². The standard InChI is InChI=1S/C20H26N2O5S/c1-15-6-5-7-17(12-15)27-11-10-21-20(23)14-22(28(4,24)25)18-13-16(2)8-9-19(18)26-3/h5-9,12-13H,10-11,14H2,1-4H3,(H,21,23). The van der Waals surface area contributed by atoms with Gasteiger partial charge in [-0.25, -0.2) is 8.42 Å². The van der Waals surface area contributed by atoms with Crippen LogP contribution in [0.3, 0.4) is 0 Å². The van der Waals surface area contributed by atoms with E-state index in [1.54, 1.807) is 12.1 Å². The fourth-order valence-corrected chi connectivity index (χ4v) is 3.48. The van der Waals surface area contributed by atoms with Crippen molar-refractivity contribution in [2.75, 3.05) is 37.4 Å². The molecule has 0 bridgehead atoms. The van der Waals surface area contributed by atoms with E-state index < -0.39 is 15.9 Å². The zero-order chi connectivity index (χ0) is 20.7. The summed E-state index contributed by atoms with van der Waals surface area (Å²) in [6.45, 7) is 4.00. The van der Waals surface area contributed by atoms with Gasteiger partial charge in [0.1, 0.15) is 24.7 Å². The Hall–Kier alpha value is -2.74. The van der Waals surface area contributed by atoms with Crippen molar-refractivity contribution in [2.45, 2.75) is 13.8 Å². The van der Waals surface area contributed by atoms with Crippen LogP contribution in [0.15, 0.2) is 42.5 Å². The molecule has 1 amide bonds. The SMILES string of the molecule is COc1ccc(C)cc1N(CC(=O)NCCOc1cccc(C)c1)S(C)(=O)=O. The van der Waals surface area contributed by atoms with Gasteiger partial charge in [0.15, 0.2) is 0 Å². The van der Waals surface area contributed by atoms with Crippen LogP contribution in [-0.4, -0.2) is 47.4 Å². The van der Waals surface area contributed by atoms with Crippen LogP contribution >= 0.6 is 0 Å². The molecule has 0 saturated carbocycles. The topological polar surface area (TPSA) is 84.9 Å². The summed E-state index contributed by atoms with van der Waals surface area (Å²) < 4.78 is 36.4. The Morgan fingerprint density at radius 3 is 2.46 bits per heavy atom. The van der Waals surface area contributed by atoms with Gasteiger partial charge >= 0.3 is 0 Å². The van der Waals surface area contributed by atoms with Gasteiger partial charge in [-0.1, -0.05) is 18.2 Å². The molecule has 28 heavy (non-hydrogen) atoms. The fourth-order valence-electron chi connectivity index (χ4n) is 2.63. The summed E-state index contributed by atoms with van der Waals surface area (Å²) in [5.41, 5.74) is 2.27. The van der Waals surface area contributed by atoms with E-state index in [0.717, 1.165) is 27.4 Å². The number of sulfonamides is 1. The maximum absolute atomic E-state index is 12.3. The predicted molar refractivity (Wildman–Crippen MR) is 110 cm³/mol. The molecule has 0 unspecified atom stereocenters. The van der Waals surface area contributed by atoms with Crippen LogP contribution in [0.4, 0.5) is 5.69 Å². The first-order valence-electron chi connectivity index (χ1n) is 8.79. The number of nitrogens with zero attached hydrogens (tertiary/aromatic N) is 1. The molecule has 0 atom stereocenters. The molecule has 0 fully saturated rings. The molecular formula is C20H26N2O5S. The highest BCUT2D eigenvalue weighted by Crippen LogP contribution is 2.30. The number of aryl methyl sites for hydroxylation is 2. The number of benzene rings is 2. The number of nitrogens with one attached hydrogen (secondary N) is 1.